The molecule has 1 saturated carbocycles. The van der Waals surface area contributed by atoms with E-state index in [2.05, 4.69) is 6.07 Å². The molecular weight excluding hydrogens is 599 g/mol. The van der Waals surface area contributed by atoms with Gasteiger partial charge in [-0.1, -0.05) is 54.6 Å². The summed E-state index contributed by atoms with van der Waals surface area (Å²) in [6.07, 6.45) is 5.31. The average Bonchev–Trinajstić information content (AvgIpc) is 3.06. The first-order valence-electron chi connectivity index (χ1n) is 16.3. The lowest BCUT2D eigenvalue weighted by Crippen LogP contribution is -2.47. The van der Waals surface area contributed by atoms with E-state index in [1.807, 2.05) is 76.2 Å². The van der Waals surface area contributed by atoms with Crippen molar-refractivity contribution in [2.24, 2.45) is 11.8 Å². The molecule has 2 aliphatic rings. The molecule has 0 aromatic heterocycles. The summed E-state index contributed by atoms with van der Waals surface area (Å²) in [4.78, 5) is 27.9. The summed E-state index contributed by atoms with van der Waals surface area (Å²) >= 11 is 0. The van der Waals surface area contributed by atoms with Crippen molar-refractivity contribution in [3.05, 3.63) is 94.5 Å². The van der Waals surface area contributed by atoms with Gasteiger partial charge in [0.15, 0.2) is 11.6 Å². The number of amides is 1. The fraction of sp³-hybridized carbons (Fsp3) is 0.500. The molecule has 0 aliphatic heterocycles. The van der Waals surface area contributed by atoms with Crippen LogP contribution in [0, 0.1) is 30.1 Å². The Hall–Kier alpha value is -4.16. The van der Waals surface area contributed by atoms with Crippen LogP contribution in [0.2, 0.25) is 0 Å². The highest BCUT2D eigenvalue weighted by Crippen LogP contribution is 2.42. The normalized spacial score (nSPS) is 21.8. The van der Waals surface area contributed by atoms with Crippen LogP contribution in [0.25, 0.3) is 0 Å². The summed E-state index contributed by atoms with van der Waals surface area (Å²) in [6.45, 7) is 8.25. The summed E-state index contributed by atoms with van der Waals surface area (Å²) in [5, 5.41) is 10.0. The number of nitrogens with zero attached hydrogens (tertiary/aromatic N) is 2. The number of esters is 1. The lowest BCUT2D eigenvalue weighted by molar-refractivity contribution is -0.146. The number of carbonyl (C=O) groups is 2. The van der Waals surface area contributed by atoms with E-state index in [9.17, 15) is 14.9 Å². The molecule has 9 heteroatoms. The van der Waals surface area contributed by atoms with Crippen LogP contribution in [0.4, 0.5) is 9.18 Å². The average molecular weight is 647 g/mol. The third-order valence-electron chi connectivity index (χ3n) is 8.94. The number of nitriles is 1. The van der Waals surface area contributed by atoms with E-state index in [0.29, 0.717) is 44.4 Å². The van der Waals surface area contributed by atoms with Crippen molar-refractivity contribution in [3.63, 3.8) is 0 Å². The maximum Gasteiger partial charge on any atom is 0.410 e. The molecule has 252 valence electrons. The first kappa shape index (κ1) is 35.7. The maximum absolute atomic E-state index is 16.1. The predicted octanol–water partition coefficient (Wildman–Crippen LogP) is 7.73. The lowest BCUT2D eigenvalue weighted by atomic mass is 9.78. The van der Waals surface area contributed by atoms with Gasteiger partial charge >= 0.3 is 12.1 Å². The number of allylic oxidation sites excluding steroid dienone is 3. The second-order valence-electron chi connectivity index (χ2n) is 13.3. The van der Waals surface area contributed by atoms with Crippen LogP contribution in [-0.4, -0.2) is 62.6 Å². The van der Waals surface area contributed by atoms with Crippen molar-refractivity contribution < 1.29 is 32.9 Å². The highest BCUT2D eigenvalue weighted by atomic mass is 19.1. The molecule has 0 radical (unpaired) electrons. The zero-order valence-electron chi connectivity index (χ0n) is 28.3. The van der Waals surface area contributed by atoms with Crippen LogP contribution in [0.1, 0.15) is 80.5 Å². The van der Waals surface area contributed by atoms with Gasteiger partial charge in [-0.05, 0) is 81.7 Å². The van der Waals surface area contributed by atoms with E-state index in [0.717, 1.165) is 16.7 Å². The smallest absolute Gasteiger partial charge is 0.410 e. The summed E-state index contributed by atoms with van der Waals surface area (Å²) < 4.78 is 37.8. The van der Waals surface area contributed by atoms with Crippen molar-refractivity contribution in [1.29, 1.82) is 5.26 Å². The highest BCUT2D eigenvalue weighted by Gasteiger charge is 2.37. The number of methoxy groups -OCH3 is 2. The van der Waals surface area contributed by atoms with E-state index >= 15 is 4.39 Å². The Bertz CT molecular complexity index is 1480. The molecule has 3 unspecified atom stereocenters. The molecule has 2 aromatic rings. The van der Waals surface area contributed by atoms with E-state index in [-0.39, 0.29) is 36.2 Å². The van der Waals surface area contributed by atoms with Gasteiger partial charge in [0.2, 0.25) is 0 Å². The number of carbonyl (C=O) groups excluding carboxylic acids is 2. The topological polar surface area (TPSA) is 98.1 Å². The number of benzene rings is 2. The van der Waals surface area contributed by atoms with Crippen molar-refractivity contribution in [2.75, 3.05) is 34.0 Å². The van der Waals surface area contributed by atoms with Gasteiger partial charge in [-0.3, -0.25) is 4.79 Å². The monoisotopic (exact) mass is 646 g/mol. The van der Waals surface area contributed by atoms with Crippen molar-refractivity contribution in [1.82, 2.24) is 4.90 Å². The summed E-state index contributed by atoms with van der Waals surface area (Å²) in [5.41, 5.74) is 2.70. The second kappa shape index (κ2) is 16.1. The Morgan fingerprint density at radius 3 is 2.34 bits per heavy atom. The number of ether oxygens (including phenoxy) is 4. The SMILES string of the molecule is COCCOC1=C(F)C(c2cc(C(CN(C(=O)OC(C)(C)C)C3CCC(C(=O)OC)CC3)c3ccccc3)ccc2C)C(C#N)C=C1. The molecule has 0 heterocycles. The maximum atomic E-state index is 16.1. The van der Waals surface area contributed by atoms with Gasteiger partial charge in [-0.15, -0.1) is 0 Å². The molecule has 2 aromatic carbocycles. The Labute approximate surface area is 278 Å². The molecule has 0 saturated heterocycles. The fourth-order valence-electron chi connectivity index (χ4n) is 6.47. The van der Waals surface area contributed by atoms with Crippen LogP contribution in [0.3, 0.4) is 0 Å². The zero-order valence-corrected chi connectivity index (χ0v) is 28.3. The number of halogens is 1. The Morgan fingerprint density at radius 2 is 1.72 bits per heavy atom. The minimum absolute atomic E-state index is 0.0987. The molecule has 1 fully saturated rings. The number of hydrogen-bond donors (Lipinski definition) is 0. The first-order chi connectivity index (χ1) is 22.5. The molecule has 2 aliphatic carbocycles. The molecule has 4 rings (SSSR count). The van der Waals surface area contributed by atoms with Crippen LogP contribution < -0.4 is 0 Å². The van der Waals surface area contributed by atoms with Gasteiger partial charge in [0.05, 0.1) is 37.5 Å². The summed E-state index contributed by atoms with van der Waals surface area (Å²) in [5.74, 6) is -2.67. The summed E-state index contributed by atoms with van der Waals surface area (Å²) in [6, 6.07) is 18.0. The molecule has 0 N–H and O–H groups in total. The highest BCUT2D eigenvalue weighted by molar-refractivity contribution is 5.72. The van der Waals surface area contributed by atoms with E-state index in [4.69, 9.17) is 18.9 Å². The van der Waals surface area contributed by atoms with Gasteiger partial charge in [0, 0.05) is 25.6 Å². The van der Waals surface area contributed by atoms with Crippen molar-refractivity contribution in [3.8, 4) is 6.07 Å². The molecule has 47 heavy (non-hydrogen) atoms. The Balaban J connectivity index is 1.75. The van der Waals surface area contributed by atoms with Gasteiger partial charge in [0.1, 0.15) is 12.2 Å². The minimum Gasteiger partial charge on any atom is -0.488 e. The lowest BCUT2D eigenvalue weighted by Gasteiger charge is -2.39. The van der Waals surface area contributed by atoms with Gasteiger partial charge < -0.3 is 23.8 Å². The van der Waals surface area contributed by atoms with E-state index in [1.165, 1.54) is 13.2 Å². The van der Waals surface area contributed by atoms with Crippen molar-refractivity contribution in [2.45, 2.75) is 76.9 Å². The molecule has 3 atom stereocenters. The first-order valence-corrected chi connectivity index (χ1v) is 16.3. The number of rotatable bonds is 11. The van der Waals surface area contributed by atoms with E-state index in [1.54, 1.807) is 18.1 Å². The van der Waals surface area contributed by atoms with Crippen LogP contribution in [0.5, 0.6) is 0 Å². The second-order valence-corrected chi connectivity index (χ2v) is 13.3. The van der Waals surface area contributed by atoms with Crippen LogP contribution >= 0.6 is 0 Å². The fourth-order valence-corrected chi connectivity index (χ4v) is 6.47. The summed E-state index contributed by atoms with van der Waals surface area (Å²) in [7, 11) is 2.95. The van der Waals surface area contributed by atoms with Crippen molar-refractivity contribution >= 4 is 12.1 Å². The van der Waals surface area contributed by atoms with Crippen LogP contribution in [0.15, 0.2) is 72.3 Å². The Kier molecular flexibility index (Phi) is 12.2. The third kappa shape index (κ3) is 9.01. The van der Waals surface area contributed by atoms with Gasteiger partial charge in [0.25, 0.3) is 0 Å². The molecular formula is C38H47FN2O6. The molecule has 0 bridgehead atoms. The predicted molar refractivity (Wildman–Crippen MR) is 177 cm³/mol. The number of hydrogen-bond acceptors (Lipinski definition) is 7. The molecule has 0 spiro atoms. The quantitative estimate of drug-likeness (QED) is 0.182. The molecule has 1 amide bonds. The largest absolute Gasteiger partial charge is 0.488 e. The van der Waals surface area contributed by atoms with Gasteiger partial charge in [-0.2, -0.15) is 5.26 Å². The third-order valence-corrected chi connectivity index (χ3v) is 8.94. The number of aryl methyl sites for hydroxylation is 1. The molecule has 8 nitrogen and oxygen atoms in total. The van der Waals surface area contributed by atoms with E-state index < -0.39 is 29.4 Å². The Morgan fingerprint density at radius 1 is 1.02 bits per heavy atom. The van der Waals surface area contributed by atoms with Gasteiger partial charge in [-0.25, -0.2) is 9.18 Å². The zero-order chi connectivity index (χ0) is 34.1. The minimum atomic E-state index is -0.852. The van der Waals surface area contributed by atoms with Crippen LogP contribution in [-0.2, 0) is 23.7 Å². The standard InChI is InChI=1S/C38H47FN2O6/c1-25-12-13-28(22-31(25)34-29(23-40)16-19-33(35(34)39)46-21-20-44-5)32(26-10-8-7-9-11-26)24-41(37(43)47-38(2,3)4)30-17-14-27(15-18-30)36(42)45-6/h7-13,16,19,22,27,29-30,32,34H,14-15,17-18,20-21,24H2,1-6H3.